The van der Waals surface area contributed by atoms with Crippen LogP contribution in [0.2, 0.25) is 0 Å². The van der Waals surface area contributed by atoms with Crippen LogP contribution in [-0.4, -0.2) is 119 Å². The first kappa shape index (κ1) is 20.9. The van der Waals surface area contributed by atoms with Crippen LogP contribution in [0, 0.1) is 0 Å². The summed E-state index contributed by atoms with van der Waals surface area (Å²) in [4.78, 5) is 0. The standard InChI is InChI=1S/C14H26O11/c1-21-11-8(17)6(24-13(20)9(11)18)4-23-14-10(19)12(22-2)7(16)5(3-15)25-14/h5-20H,3-4H2,1-2H3/t5-,6-,7+,8+,9-,10-,11+,12+,13?,14-/m1/s1. The molecule has 0 bridgehead atoms. The zero-order chi connectivity index (χ0) is 18.7. The summed E-state index contributed by atoms with van der Waals surface area (Å²) in [5, 5.41) is 58.9. The van der Waals surface area contributed by atoms with Crippen molar-refractivity contribution in [1.29, 1.82) is 0 Å². The summed E-state index contributed by atoms with van der Waals surface area (Å²) in [7, 11) is 2.54. The molecule has 1 unspecified atom stereocenters. The van der Waals surface area contributed by atoms with E-state index in [9.17, 15) is 30.6 Å². The molecule has 10 atom stereocenters. The fourth-order valence-electron chi connectivity index (χ4n) is 2.99. The minimum absolute atomic E-state index is 0.322. The van der Waals surface area contributed by atoms with Crippen molar-refractivity contribution < 1.29 is 54.3 Å². The van der Waals surface area contributed by atoms with Gasteiger partial charge in [-0.15, -0.1) is 0 Å². The van der Waals surface area contributed by atoms with Crippen LogP contribution in [0.15, 0.2) is 0 Å². The van der Waals surface area contributed by atoms with Gasteiger partial charge in [0.2, 0.25) is 0 Å². The van der Waals surface area contributed by atoms with Gasteiger partial charge in [0.1, 0.15) is 48.8 Å². The number of hydrogen-bond donors (Lipinski definition) is 6. The van der Waals surface area contributed by atoms with Crippen molar-refractivity contribution in [3.63, 3.8) is 0 Å². The van der Waals surface area contributed by atoms with Gasteiger partial charge in [-0.2, -0.15) is 0 Å². The lowest BCUT2D eigenvalue weighted by molar-refractivity contribution is -0.328. The topological polar surface area (TPSA) is 168 Å². The molecule has 0 spiro atoms. The summed E-state index contributed by atoms with van der Waals surface area (Å²) in [6.45, 7) is -0.843. The summed E-state index contributed by atoms with van der Waals surface area (Å²) >= 11 is 0. The van der Waals surface area contributed by atoms with Crippen LogP contribution >= 0.6 is 0 Å². The third-order valence-electron chi connectivity index (χ3n) is 4.45. The Kier molecular flexibility index (Phi) is 7.49. The summed E-state index contributed by atoms with van der Waals surface area (Å²) in [6.07, 6.45) is -12.5. The number of rotatable bonds is 6. The van der Waals surface area contributed by atoms with E-state index in [0.29, 0.717) is 0 Å². The zero-order valence-electron chi connectivity index (χ0n) is 13.9. The molecular formula is C14H26O11. The highest BCUT2D eigenvalue weighted by atomic mass is 16.7. The van der Waals surface area contributed by atoms with Gasteiger partial charge >= 0.3 is 0 Å². The Morgan fingerprint density at radius 1 is 0.760 bits per heavy atom. The van der Waals surface area contributed by atoms with E-state index in [2.05, 4.69) is 0 Å². The second-order valence-electron chi connectivity index (χ2n) is 5.99. The monoisotopic (exact) mass is 370 g/mol. The molecule has 0 saturated carbocycles. The molecule has 2 aliphatic rings. The molecular weight excluding hydrogens is 344 g/mol. The average molecular weight is 370 g/mol. The highest BCUT2D eigenvalue weighted by Gasteiger charge is 2.47. The molecule has 25 heavy (non-hydrogen) atoms. The van der Waals surface area contributed by atoms with Gasteiger partial charge in [0.05, 0.1) is 13.2 Å². The second-order valence-corrected chi connectivity index (χ2v) is 5.99. The zero-order valence-corrected chi connectivity index (χ0v) is 13.9. The van der Waals surface area contributed by atoms with Gasteiger partial charge < -0.3 is 54.3 Å². The SMILES string of the molecule is CO[C@H]1[C@@H](O)[C@@H](CO)O[C@@H](OC[C@H]2OC(O)[C@H](O)[C@@H](OC)[C@H]2O)[C@@H]1O. The molecule has 11 heteroatoms. The maximum absolute atomic E-state index is 10.2. The number of ether oxygens (including phenoxy) is 5. The highest BCUT2D eigenvalue weighted by Crippen LogP contribution is 2.26. The van der Waals surface area contributed by atoms with Crippen molar-refractivity contribution in [2.45, 2.75) is 61.4 Å². The van der Waals surface area contributed by atoms with E-state index in [4.69, 9.17) is 23.7 Å². The molecule has 11 nitrogen and oxygen atoms in total. The average Bonchev–Trinajstić information content (AvgIpc) is 2.59. The lowest BCUT2D eigenvalue weighted by atomic mass is 9.98. The second kappa shape index (κ2) is 8.97. The van der Waals surface area contributed by atoms with Gasteiger partial charge in [0.25, 0.3) is 0 Å². The third-order valence-corrected chi connectivity index (χ3v) is 4.45. The van der Waals surface area contributed by atoms with Crippen LogP contribution < -0.4 is 0 Å². The molecule has 0 aromatic heterocycles. The van der Waals surface area contributed by atoms with E-state index in [1.54, 1.807) is 0 Å². The van der Waals surface area contributed by atoms with Crippen molar-refractivity contribution in [2.75, 3.05) is 27.4 Å². The van der Waals surface area contributed by atoms with Gasteiger partial charge in [-0.1, -0.05) is 0 Å². The minimum Gasteiger partial charge on any atom is -0.394 e. The first-order valence-corrected chi connectivity index (χ1v) is 7.85. The number of hydrogen-bond acceptors (Lipinski definition) is 11. The van der Waals surface area contributed by atoms with E-state index >= 15 is 0 Å². The highest BCUT2D eigenvalue weighted by molar-refractivity contribution is 4.92. The summed E-state index contributed by atoms with van der Waals surface area (Å²) in [5.74, 6) is 0. The number of methoxy groups -OCH3 is 2. The molecule has 0 aromatic rings. The predicted molar refractivity (Wildman–Crippen MR) is 78.2 cm³/mol. The largest absolute Gasteiger partial charge is 0.394 e. The first-order chi connectivity index (χ1) is 11.8. The van der Waals surface area contributed by atoms with Gasteiger partial charge in [-0.3, -0.25) is 0 Å². The van der Waals surface area contributed by atoms with Crippen molar-refractivity contribution in [3.05, 3.63) is 0 Å². The van der Waals surface area contributed by atoms with Crippen molar-refractivity contribution in [3.8, 4) is 0 Å². The Morgan fingerprint density at radius 3 is 1.88 bits per heavy atom. The van der Waals surface area contributed by atoms with E-state index in [1.165, 1.54) is 14.2 Å². The molecule has 2 heterocycles. The Labute approximate surface area is 144 Å². The molecule has 0 radical (unpaired) electrons. The first-order valence-electron chi connectivity index (χ1n) is 7.85. The lowest BCUT2D eigenvalue weighted by Crippen LogP contribution is -2.62. The third kappa shape index (κ3) is 4.28. The van der Waals surface area contributed by atoms with Crippen LogP contribution in [0.4, 0.5) is 0 Å². The Hall–Kier alpha value is -0.440. The van der Waals surface area contributed by atoms with E-state index in [1.807, 2.05) is 0 Å². The van der Waals surface area contributed by atoms with Gasteiger partial charge in [-0.25, -0.2) is 0 Å². The molecule has 0 aromatic carbocycles. The van der Waals surface area contributed by atoms with Crippen LogP contribution in [0.1, 0.15) is 0 Å². The van der Waals surface area contributed by atoms with E-state index in [0.717, 1.165) is 0 Å². The van der Waals surface area contributed by atoms with Gasteiger partial charge in [-0.05, 0) is 0 Å². The van der Waals surface area contributed by atoms with E-state index < -0.39 is 68.0 Å². The molecule has 6 N–H and O–H groups in total. The molecule has 2 saturated heterocycles. The minimum atomic E-state index is -1.59. The molecule has 2 aliphatic heterocycles. The van der Waals surface area contributed by atoms with E-state index in [-0.39, 0.29) is 6.61 Å². The van der Waals surface area contributed by atoms with Crippen LogP contribution in [0.3, 0.4) is 0 Å². The Morgan fingerprint density at radius 2 is 1.32 bits per heavy atom. The quantitative estimate of drug-likeness (QED) is 0.269. The Balaban J connectivity index is 1.99. The van der Waals surface area contributed by atoms with Crippen molar-refractivity contribution in [2.24, 2.45) is 0 Å². The summed E-state index contributed by atoms with van der Waals surface area (Å²) in [6, 6.07) is 0. The molecule has 2 rings (SSSR count). The number of aliphatic hydroxyl groups excluding tert-OH is 6. The van der Waals surface area contributed by atoms with Crippen LogP contribution in [0.25, 0.3) is 0 Å². The summed E-state index contributed by atoms with van der Waals surface area (Å²) in [5.41, 5.74) is 0. The Bertz CT molecular complexity index is 410. The molecule has 148 valence electrons. The normalized spacial score (nSPS) is 48.5. The van der Waals surface area contributed by atoms with Gasteiger partial charge in [0.15, 0.2) is 12.6 Å². The fraction of sp³-hybridized carbons (Fsp3) is 1.00. The smallest absolute Gasteiger partial charge is 0.186 e. The fourth-order valence-corrected chi connectivity index (χ4v) is 2.99. The number of aliphatic hydroxyl groups is 6. The maximum Gasteiger partial charge on any atom is 0.186 e. The van der Waals surface area contributed by atoms with Crippen molar-refractivity contribution >= 4 is 0 Å². The molecule has 0 amide bonds. The lowest BCUT2D eigenvalue weighted by Gasteiger charge is -2.43. The van der Waals surface area contributed by atoms with Crippen LogP contribution in [0.5, 0.6) is 0 Å². The maximum atomic E-state index is 10.2. The van der Waals surface area contributed by atoms with Crippen molar-refractivity contribution in [1.82, 2.24) is 0 Å². The molecule has 0 aliphatic carbocycles. The predicted octanol–water partition coefficient (Wildman–Crippen LogP) is -4.09. The van der Waals surface area contributed by atoms with Gasteiger partial charge in [0, 0.05) is 14.2 Å². The summed E-state index contributed by atoms with van der Waals surface area (Å²) < 4.78 is 25.7. The molecule has 2 fully saturated rings. The van der Waals surface area contributed by atoms with Crippen LogP contribution in [-0.2, 0) is 23.7 Å².